The Labute approximate surface area is 127 Å². The number of unbranched alkanes of at least 4 members (excludes halogenated alkanes) is 7. The van der Waals surface area contributed by atoms with Gasteiger partial charge < -0.3 is 16.2 Å². The lowest BCUT2D eigenvalue weighted by molar-refractivity contribution is 0.0698. The Morgan fingerprint density at radius 1 is 1.10 bits per heavy atom. The van der Waals surface area contributed by atoms with Crippen molar-refractivity contribution >= 4 is 17.3 Å². The quantitative estimate of drug-likeness (QED) is 0.414. The number of rotatable bonds is 11. The number of hydrogen-bond donors (Lipinski definition) is 3. The molecule has 0 amide bonds. The highest BCUT2D eigenvalue weighted by molar-refractivity contribution is 5.95. The van der Waals surface area contributed by atoms with Crippen molar-refractivity contribution in [1.82, 2.24) is 0 Å². The molecule has 0 fully saturated rings. The van der Waals surface area contributed by atoms with Crippen molar-refractivity contribution in [2.75, 3.05) is 17.6 Å². The van der Waals surface area contributed by atoms with Crippen LogP contribution in [0, 0.1) is 0 Å². The van der Waals surface area contributed by atoms with E-state index in [1.807, 2.05) is 0 Å². The van der Waals surface area contributed by atoms with Crippen molar-refractivity contribution in [3.05, 3.63) is 23.8 Å². The second-order valence-electron chi connectivity index (χ2n) is 5.51. The molecule has 0 saturated heterocycles. The molecular formula is C17H28N2O2. The van der Waals surface area contributed by atoms with Crippen molar-refractivity contribution in [2.24, 2.45) is 0 Å². The average molecular weight is 292 g/mol. The van der Waals surface area contributed by atoms with E-state index in [0.29, 0.717) is 11.4 Å². The highest BCUT2D eigenvalue weighted by atomic mass is 16.4. The third-order valence-electron chi connectivity index (χ3n) is 3.62. The van der Waals surface area contributed by atoms with Crippen LogP contribution in [0.5, 0.6) is 0 Å². The molecule has 0 bridgehead atoms. The Balaban J connectivity index is 2.21. The number of hydrogen-bond acceptors (Lipinski definition) is 3. The molecule has 21 heavy (non-hydrogen) atoms. The second-order valence-corrected chi connectivity index (χ2v) is 5.51. The zero-order valence-corrected chi connectivity index (χ0v) is 13.0. The van der Waals surface area contributed by atoms with E-state index in [4.69, 9.17) is 10.8 Å². The van der Waals surface area contributed by atoms with E-state index < -0.39 is 5.97 Å². The van der Waals surface area contributed by atoms with E-state index >= 15 is 0 Å². The molecule has 1 aromatic rings. The molecule has 0 aromatic heterocycles. The molecule has 0 aliphatic carbocycles. The van der Waals surface area contributed by atoms with Crippen LogP contribution in [-0.4, -0.2) is 17.6 Å². The first-order chi connectivity index (χ1) is 10.1. The molecule has 0 heterocycles. The van der Waals surface area contributed by atoms with Crippen LogP contribution in [-0.2, 0) is 0 Å². The summed E-state index contributed by atoms with van der Waals surface area (Å²) in [5.74, 6) is -0.923. The Morgan fingerprint density at radius 3 is 2.33 bits per heavy atom. The number of nitrogens with one attached hydrogen (secondary N) is 1. The van der Waals surface area contributed by atoms with Crippen LogP contribution >= 0.6 is 0 Å². The molecule has 0 radical (unpaired) electrons. The fraction of sp³-hybridized carbons (Fsp3) is 0.588. The summed E-state index contributed by atoms with van der Waals surface area (Å²) in [6.07, 6.45) is 10.1. The Morgan fingerprint density at radius 2 is 1.71 bits per heavy atom. The molecule has 4 heteroatoms. The van der Waals surface area contributed by atoms with Crippen LogP contribution < -0.4 is 11.1 Å². The molecule has 1 rings (SSSR count). The lowest BCUT2D eigenvalue weighted by atomic mass is 10.1. The van der Waals surface area contributed by atoms with Gasteiger partial charge in [0.15, 0.2) is 0 Å². The van der Waals surface area contributed by atoms with Crippen LogP contribution in [0.4, 0.5) is 11.4 Å². The van der Waals surface area contributed by atoms with Gasteiger partial charge in [0.2, 0.25) is 0 Å². The molecule has 0 aliphatic rings. The van der Waals surface area contributed by atoms with Crippen LogP contribution in [0.25, 0.3) is 0 Å². The molecule has 0 aliphatic heterocycles. The summed E-state index contributed by atoms with van der Waals surface area (Å²) in [4.78, 5) is 11.1. The Bertz CT molecular complexity index is 433. The monoisotopic (exact) mass is 292 g/mol. The van der Waals surface area contributed by atoms with E-state index in [1.54, 1.807) is 18.2 Å². The van der Waals surface area contributed by atoms with Gasteiger partial charge in [-0.1, -0.05) is 51.9 Å². The van der Waals surface area contributed by atoms with Crippen LogP contribution in [0.15, 0.2) is 18.2 Å². The minimum atomic E-state index is -0.923. The molecule has 0 atom stereocenters. The van der Waals surface area contributed by atoms with Gasteiger partial charge in [0, 0.05) is 12.2 Å². The first kappa shape index (κ1) is 17.3. The van der Waals surface area contributed by atoms with Gasteiger partial charge in [-0.3, -0.25) is 0 Å². The van der Waals surface area contributed by atoms with E-state index in [0.717, 1.165) is 13.0 Å². The Kier molecular flexibility index (Phi) is 8.32. The van der Waals surface area contributed by atoms with E-state index in [9.17, 15) is 4.79 Å². The summed E-state index contributed by atoms with van der Waals surface area (Å²) < 4.78 is 0. The van der Waals surface area contributed by atoms with Crippen molar-refractivity contribution in [3.63, 3.8) is 0 Å². The standard InChI is InChI=1S/C17H28N2O2/c1-2-3-4-5-6-7-8-9-12-19-16-13-14(18)10-11-15(16)17(20)21/h10-11,13,19H,2-9,12,18H2,1H3,(H,20,21). The van der Waals surface area contributed by atoms with Crippen LogP contribution in [0.2, 0.25) is 0 Å². The highest BCUT2D eigenvalue weighted by Gasteiger charge is 2.09. The largest absolute Gasteiger partial charge is 0.478 e. The van der Waals surface area contributed by atoms with Crippen molar-refractivity contribution < 1.29 is 9.90 Å². The molecular weight excluding hydrogens is 264 g/mol. The summed E-state index contributed by atoms with van der Waals surface area (Å²) in [6, 6.07) is 4.85. The van der Waals surface area contributed by atoms with Gasteiger partial charge in [-0.05, 0) is 24.6 Å². The number of carbonyl (C=O) groups is 1. The molecule has 0 saturated carbocycles. The molecule has 4 N–H and O–H groups in total. The van der Waals surface area contributed by atoms with Crippen LogP contribution in [0.1, 0.15) is 68.6 Å². The maximum Gasteiger partial charge on any atom is 0.337 e. The van der Waals surface area contributed by atoms with Gasteiger partial charge in [-0.25, -0.2) is 4.79 Å². The zero-order valence-electron chi connectivity index (χ0n) is 13.0. The van der Waals surface area contributed by atoms with Gasteiger partial charge >= 0.3 is 5.97 Å². The maximum absolute atomic E-state index is 11.1. The summed E-state index contributed by atoms with van der Waals surface area (Å²) in [5, 5.41) is 12.3. The van der Waals surface area contributed by atoms with Gasteiger partial charge in [0.1, 0.15) is 0 Å². The second kappa shape index (κ2) is 10.1. The molecule has 1 aromatic carbocycles. The first-order valence-electron chi connectivity index (χ1n) is 8.02. The predicted octanol–water partition coefficient (Wildman–Crippen LogP) is 4.52. The van der Waals surface area contributed by atoms with E-state index in [2.05, 4.69) is 12.2 Å². The lowest BCUT2D eigenvalue weighted by Gasteiger charge is -2.10. The summed E-state index contributed by atoms with van der Waals surface area (Å²) in [6.45, 7) is 3.02. The number of aromatic carboxylic acids is 1. The summed E-state index contributed by atoms with van der Waals surface area (Å²) in [7, 11) is 0. The Hall–Kier alpha value is -1.71. The average Bonchev–Trinajstić information content (AvgIpc) is 2.45. The number of anilines is 2. The van der Waals surface area contributed by atoms with Gasteiger partial charge in [-0.2, -0.15) is 0 Å². The molecule has 0 unspecified atom stereocenters. The fourth-order valence-electron chi connectivity index (χ4n) is 2.38. The van der Waals surface area contributed by atoms with Gasteiger partial charge in [0.05, 0.1) is 11.3 Å². The highest BCUT2D eigenvalue weighted by Crippen LogP contribution is 2.19. The van der Waals surface area contributed by atoms with Gasteiger partial charge in [0.25, 0.3) is 0 Å². The number of nitrogen functional groups attached to an aromatic ring is 1. The predicted molar refractivity (Wildman–Crippen MR) is 88.9 cm³/mol. The van der Waals surface area contributed by atoms with Crippen molar-refractivity contribution in [2.45, 2.75) is 58.3 Å². The SMILES string of the molecule is CCCCCCCCCCNc1cc(N)ccc1C(=O)O. The van der Waals surface area contributed by atoms with Gasteiger partial charge in [-0.15, -0.1) is 0 Å². The lowest BCUT2D eigenvalue weighted by Crippen LogP contribution is -2.08. The fourth-order valence-corrected chi connectivity index (χ4v) is 2.38. The first-order valence-corrected chi connectivity index (χ1v) is 8.02. The number of nitrogens with two attached hydrogens (primary N) is 1. The van der Waals surface area contributed by atoms with E-state index in [1.165, 1.54) is 44.9 Å². The van der Waals surface area contributed by atoms with Crippen molar-refractivity contribution in [1.29, 1.82) is 0 Å². The summed E-state index contributed by atoms with van der Waals surface area (Å²) >= 11 is 0. The third-order valence-corrected chi connectivity index (χ3v) is 3.62. The third kappa shape index (κ3) is 7.02. The number of carboxylic acids is 1. The topological polar surface area (TPSA) is 75.3 Å². The molecule has 4 nitrogen and oxygen atoms in total. The maximum atomic E-state index is 11.1. The zero-order chi connectivity index (χ0) is 15.5. The van der Waals surface area contributed by atoms with E-state index in [-0.39, 0.29) is 5.56 Å². The summed E-state index contributed by atoms with van der Waals surface area (Å²) in [5.41, 5.74) is 7.18. The minimum Gasteiger partial charge on any atom is -0.478 e. The number of carboxylic acid groups (broad SMARTS) is 1. The normalized spacial score (nSPS) is 10.5. The number of benzene rings is 1. The molecule has 118 valence electrons. The smallest absolute Gasteiger partial charge is 0.337 e. The van der Waals surface area contributed by atoms with Crippen molar-refractivity contribution in [3.8, 4) is 0 Å². The molecule has 0 spiro atoms. The minimum absolute atomic E-state index is 0.281. The van der Waals surface area contributed by atoms with Crippen LogP contribution in [0.3, 0.4) is 0 Å².